The summed E-state index contributed by atoms with van der Waals surface area (Å²) >= 11 is 0. The summed E-state index contributed by atoms with van der Waals surface area (Å²) in [4.78, 5) is 12.6. The zero-order valence-corrected chi connectivity index (χ0v) is 19.7. The predicted molar refractivity (Wildman–Crippen MR) is 121 cm³/mol. The molecule has 0 bridgehead atoms. The van der Waals surface area contributed by atoms with Gasteiger partial charge in [-0.2, -0.15) is 0 Å². The molecule has 0 aliphatic carbocycles. The first-order valence-electron chi connectivity index (χ1n) is 10.9. The average molecular weight is 445 g/mol. The Bertz CT molecular complexity index is 929. The van der Waals surface area contributed by atoms with E-state index in [2.05, 4.69) is 18.2 Å². The molecule has 1 heterocycles. The summed E-state index contributed by atoms with van der Waals surface area (Å²) in [5.41, 5.74) is 3.73. The van der Waals surface area contributed by atoms with Crippen LogP contribution >= 0.6 is 0 Å². The van der Waals surface area contributed by atoms with Gasteiger partial charge in [0.15, 0.2) is 23.0 Å². The van der Waals surface area contributed by atoms with Gasteiger partial charge in [0.05, 0.1) is 48.1 Å². The molecule has 1 N–H and O–H groups in total. The van der Waals surface area contributed by atoms with Crippen LogP contribution in [0.2, 0.25) is 0 Å². The molecular formula is C25H34NO6+. The van der Waals surface area contributed by atoms with E-state index in [1.54, 1.807) is 28.4 Å². The maximum Gasteiger partial charge on any atom is 0.302 e. The summed E-state index contributed by atoms with van der Waals surface area (Å²) in [5, 5.41) is 0. The molecule has 0 fully saturated rings. The lowest BCUT2D eigenvalue weighted by Gasteiger charge is -2.35. The first-order valence-corrected chi connectivity index (χ1v) is 10.9. The second-order valence-electron chi connectivity index (χ2n) is 7.95. The van der Waals surface area contributed by atoms with Crippen LogP contribution in [-0.4, -0.2) is 54.1 Å². The smallest absolute Gasteiger partial charge is 0.302 e. The molecule has 1 aliphatic rings. The highest BCUT2D eigenvalue weighted by atomic mass is 16.5. The van der Waals surface area contributed by atoms with Crippen LogP contribution in [0.5, 0.6) is 23.0 Å². The normalized spacial score (nSPS) is 17.3. The number of quaternary nitrogens is 1. The molecule has 0 radical (unpaired) electrons. The Hall–Kier alpha value is -2.93. The number of nitrogens with one attached hydrogen (secondary N) is 1. The number of rotatable bonds is 10. The number of esters is 1. The summed E-state index contributed by atoms with van der Waals surface area (Å²) < 4.78 is 27.2. The molecule has 2 atom stereocenters. The van der Waals surface area contributed by atoms with Gasteiger partial charge in [-0.15, -0.1) is 0 Å². The van der Waals surface area contributed by atoms with E-state index in [9.17, 15) is 4.79 Å². The van der Waals surface area contributed by atoms with Gasteiger partial charge in [-0.3, -0.25) is 4.79 Å². The Morgan fingerprint density at radius 1 is 0.938 bits per heavy atom. The molecule has 1 unspecified atom stereocenters. The van der Waals surface area contributed by atoms with Crippen molar-refractivity contribution >= 4 is 5.97 Å². The van der Waals surface area contributed by atoms with Crippen LogP contribution in [-0.2, 0) is 22.4 Å². The van der Waals surface area contributed by atoms with Gasteiger partial charge in [0.1, 0.15) is 6.04 Å². The third kappa shape index (κ3) is 5.46. The van der Waals surface area contributed by atoms with Gasteiger partial charge in [0.2, 0.25) is 0 Å². The monoisotopic (exact) mass is 444 g/mol. The highest BCUT2D eigenvalue weighted by Crippen LogP contribution is 2.36. The van der Waals surface area contributed by atoms with Crippen molar-refractivity contribution in [3.8, 4) is 23.0 Å². The number of benzene rings is 2. The van der Waals surface area contributed by atoms with E-state index in [0.29, 0.717) is 6.61 Å². The average Bonchev–Trinajstić information content (AvgIpc) is 2.81. The fourth-order valence-corrected chi connectivity index (χ4v) is 4.48. The first-order chi connectivity index (χ1) is 15.5. The Morgan fingerprint density at radius 2 is 1.59 bits per heavy atom. The quantitative estimate of drug-likeness (QED) is 0.448. The summed E-state index contributed by atoms with van der Waals surface area (Å²) in [7, 11) is 6.63. The maximum atomic E-state index is 11.1. The molecule has 2 aromatic rings. The first kappa shape index (κ1) is 23.7. The molecule has 32 heavy (non-hydrogen) atoms. The largest absolute Gasteiger partial charge is 0.493 e. The lowest BCUT2D eigenvalue weighted by Crippen LogP contribution is -3.13. The van der Waals surface area contributed by atoms with Crippen molar-refractivity contribution in [1.29, 1.82) is 0 Å². The van der Waals surface area contributed by atoms with Gasteiger partial charge in [-0.1, -0.05) is 6.07 Å². The summed E-state index contributed by atoms with van der Waals surface area (Å²) in [6, 6.07) is 10.5. The number of ether oxygens (including phenoxy) is 5. The lowest BCUT2D eigenvalue weighted by molar-refractivity contribution is -0.934. The van der Waals surface area contributed by atoms with Gasteiger partial charge >= 0.3 is 5.97 Å². The van der Waals surface area contributed by atoms with Crippen LogP contribution in [0.15, 0.2) is 30.3 Å². The zero-order chi connectivity index (χ0) is 23.1. The lowest BCUT2D eigenvalue weighted by atomic mass is 9.88. The van der Waals surface area contributed by atoms with Gasteiger partial charge in [0.25, 0.3) is 0 Å². The van der Waals surface area contributed by atoms with Crippen molar-refractivity contribution < 1.29 is 33.4 Å². The number of methoxy groups -OCH3 is 4. The fraction of sp³-hybridized carbons (Fsp3) is 0.480. The van der Waals surface area contributed by atoms with E-state index >= 15 is 0 Å². The Labute approximate surface area is 190 Å². The van der Waals surface area contributed by atoms with Crippen LogP contribution in [0.1, 0.15) is 36.1 Å². The molecule has 0 amide bonds. The second kappa shape index (κ2) is 11.1. The predicted octanol–water partition coefficient (Wildman–Crippen LogP) is 2.40. The molecule has 0 saturated heterocycles. The van der Waals surface area contributed by atoms with E-state index in [1.807, 2.05) is 12.1 Å². The highest BCUT2D eigenvalue weighted by Gasteiger charge is 2.32. The third-order valence-electron chi connectivity index (χ3n) is 6.06. The number of hydrogen-bond donors (Lipinski definition) is 1. The van der Waals surface area contributed by atoms with Crippen molar-refractivity contribution in [3.63, 3.8) is 0 Å². The van der Waals surface area contributed by atoms with E-state index in [-0.39, 0.29) is 12.0 Å². The summed E-state index contributed by atoms with van der Waals surface area (Å²) in [5.74, 6) is 2.71. The van der Waals surface area contributed by atoms with Crippen LogP contribution in [0.4, 0.5) is 0 Å². The highest BCUT2D eigenvalue weighted by molar-refractivity contribution is 5.65. The Morgan fingerprint density at radius 3 is 2.25 bits per heavy atom. The fourth-order valence-electron chi connectivity index (χ4n) is 4.48. The molecule has 0 saturated carbocycles. The minimum atomic E-state index is -0.234. The molecule has 174 valence electrons. The second-order valence-corrected chi connectivity index (χ2v) is 7.95. The van der Waals surface area contributed by atoms with Crippen molar-refractivity contribution in [2.45, 2.75) is 32.2 Å². The van der Waals surface area contributed by atoms with E-state index < -0.39 is 0 Å². The number of carbonyl (C=O) groups is 1. The van der Waals surface area contributed by atoms with Gasteiger partial charge < -0.3 is 28.6 Å². The minimum absolute atomic E-state index is 0.231. The van der Waals surface area contributed by atoms with Gasteiger partial charge in [0, 0.05) is 31.7 Å². The molecule has 2 aromatic carbocycles. The van der Waals surface area contributed by atoms with E-state index in [4.69, 9.17) is 23.7 Å². The van der Waals surface area contributed by atoms with Crippen LogP contribution < -0.4 is 23.8 Å². The van der Waals surface area contributed by atoms with Gasteiger partial charge in [-0.25, -0.2) is 0 Å². The number of carbonyl (C=O) groups excluding carboxylic acids is 1. The molecule has 7 nitrogen and oxygen atoms in total. The molecule has 0 spiro atoms. The summed E-state index contributed by atoms with van der Waals surface area (Å²) in [6.07, 6.45) is 2.62. The maximum absolute atomic E-state index is 11.1. The summed E-state index contributed by atoms with van der Waals surface area (Å²) in [6.45, 7) is 3.81. The van der Waals surface area contributed by atoms with Crippen molar-refractivity contribution in [2.24, 2.45) is 0 Å². The molecule has 3 rings (SSSR count). The van der Waals surface area contributed by atoms with Crippen molar-refractivity contribution in [3.05, 3.63) is 47.0 Å². The van der Waals surface area contributed by atoms with Gasteiger partial charge in [-0.05, 0) is 35.4 Å². The SMILES string of the molecule is COc1ccc(C[C@@H]2c3cc(OC)c(OC)cc3CC[NH+]2CCCOC(C)=O)cc1OC. The third-order valence-corrected chi connectivity index (χ3v) is 6.06. The van der Waals surface area contributed by atoms with Crippen LogP contribution in [0.25, 0.3) is 0 Å². The van der Waals surface area contributed by atoms with Crippen molar-refractivity contribution in [1.82, 2.24) is 0 Å². The van der Waals surface area contributed by atoms with Crippen LogP contribution in [0.3, 0.4) is 0 Å². The minimum Gasteiger partial charge on any atom is -0.493 e. The molecule has 0 aromatic heterocycles. The van der Waals surface area contributed by atoms with E-state index in [0.717, 1.165) is 55.4 Å². The topological polar surface area (TPSA) is 67.7 Å². The zero-order valence-electron chi connectivity index (χ0n) is 19.7. The number of hydrogen-bond acceptors (Lipinski definition) is 6. The Kier molecular flexibility index (Phi) is 8.22. The molecule has 7 heteroatoms. The number of fused-ring (bicyclic) bond motifs is 1. The Balaban J connectivity index is 1.91. The standard InChI is InChI=1S/C25H33NO6/c1-17(27)32-12-6-10-26-11-9-19-15-24(30-4)25(31-5)16-20(19)21(26)13-18-7-8-22(28-2)23(14-18)29-3/h7-8,14-16,21H,6,9-13H2,1-5H3/p+1/t21-/m1/s1. The van der Waals surface area contributed by atoms with Crippen molar-refractivity contribution in [2.75, 3.05) is 48.1 Å². The molecular weight excluding hydrogens is 410 g/mol. The van der Waals surface area contributed by atoms with Crippen LogP contribution in [0, 0.1) is 0 Å². The van der Waals surface area contributed by atoms with E-state index in [1.165, 1.54) is 28.5 Å². The molecule has 1 aliphatic heterocycles.